The number of H-pyrrole nitrogens is 1. The van der Waals surface area contributed by atoms with Crippen LogP contribution in [0.5, 0.6) is 0 Å². The van der Waals surface area contributed by atoms with Crippen molar-refractivity contribution < 1.29 is 13.2 Å². The first-order valence-corrected chi connectivity index (χ1v) is 4.95. The van der Waals surface area contributed by atoms with Crippen LogP contribution in [0.15, 0.2) is 27.8 Å². The Bertz CT molecular complexity index is 739. The summed E-state index contributed by atoms with van der Waals surface area (Å²) in [6.07, 6.45) is 0. The van der Waals surface area contributed by atoms with Crippen molar-refractivity contribution >= 4 is 11.6 Å². The van der Waals surface area contributed by atoms with Gasteiger partial charge >= 0.3 is 5.69 Å². The van der Waals surface area contributed by atoms with Crippen LogP contribution < -0.4 is 11.2 Å². The van der Waals surface area contributed by atoms with Crippen LogP contribution in [0, 0.1) is 17.5 Å². The summed E-state index contributed by atoms with van der Waals surface area (Å²) in [6, 6.07) is 2.10. The van der Waals surface area contributed by atoms with Gasteiger partial charge in [-0.25, -0.2) is 18.1 Å². The Hall–Kier alpha value is -2.02. The number of aromatic amines is 1. The van der Waals surface area contributed by atoms with E-state index >= 15 is 0 Å². The molecule has 0 spiro atoms. The number of nitrogens with zero attached hydrogens (tertiary/aromatic N) is 1. The quantitative estimate of drug-likeness (QED) is 0.804. The minimum atomic E-state index is -1.46. The van der Waals surface area contributed by atoms with Gasteiger partial charge in [0.25, 0.3) is 5.56 Å². The molecule has 0 radical (unpaired) electrons. The van der Waals surface area contributed by atoms with Gasteiger partial charge in [0.2, 0.25) is 5.82 Å². The van der Waals surface area contributed by atoms with E-state index in [9.17, 15) is 22.8 Å². The molecule has 0 aliphatic carbocycles. The van der Waals surface area contributed by atoms with Gasteiger partial charge in [-0.2, -0.15) is 4.39 Å². The molecule has 0 aliphatic heterocycles. The predicted molar refractivity (Wildman–Crippen MR) is 57.5 cm³/mol. The lowest BCUT2D eigenvalue weighted by atomic mass is 10.3. The molecular formula is C10H4ClF3N2O2. The fraction of sp³-hybridized carbons (Fsp3) is 0. The summed E-state index contributed by atoms with van der Waals surface area (Å²) in [4.78, 5) is 24.7. The molecule has 2 rings (SSSR count). The van der Waals surface area contributed by atoms with Gasteiger partial charge in [-0.15, -0.1) is 0 Å². The van der Waals surface area contributed by atoms with E-state index in [4.69, 9.17) is 11.6 Å². The van der Waals surface area contributed by atoms with Crippen molar-refractivity contribution in [2.24, 2.45) is 0 Å². The minimum absolute atomic E-state index is 0.125. The zero-order valence-electron chi connectivity index (χ0n) is 8.51. The van der Waals surface area contributed by atoms with Crippen molar-refractivity contribution in [3.63, 3.8) is 0 Å². The Morgan fingerprint density at radius 3 is 2.50 bits per heavy atom. The lowest BCUT2D eigenvalue weighted by molar-refractivity contribution is 0.564. The molecular weight excluding hydrogens is 273 g/mol. The lowest BCUT2D eigenvalue weighted by Crippen LogP contribution is -2.36. The molecule has 2 aromatic rings. The monoisotopic (exact) mass is 276 g/mol. The third kappa shape index (κ3) is 1.92. The van der Waals surface area contributed by atoms with Crippen LogP contribution in [0.2, 0.25) is 5.15 Å². The Labute approximate surface area is 102 Å². The first-order valence-electron chi connectivity index (χ1n) is 4.57. The van der Waals surface area contributed by atoms with Crippen molar-refractivity contribution in [3.05, 3.63) is 61.6 Å². The van der Waals surface area contributed by atoms with Crippen LogP contribution in [0.4, 0.5) is 13.2 Å². The summed E-state index contributed by atoms with van der Waals surface area (Å²) in [5.41, 5.74) is -3.33. The highest BCUT2D eigenvalue weighted by Crippen LogP contribution is 2.12. The van der Waals surface area contributed by atoms with E-state index in [0.29, 0.717) is 12.1 Å². The van der Waals surface area contributed by atoms with Gasteiger partial charge in [0.05, 0.1) is 5.69 Å². The van der Waals surface area contributed by atoms with Gasteiger partial charge < -0.3 is 0 Å². The number of rotatable bonds is 1. The maximum atomic E-state index is 13.4. The number of hydrogen-bond donors (Lipinski definition) is 1. The van der Waals surface area contributed by atoms with Crippen LogP contribution in [-0.4, -0.2) is 9.55 Å². The minimum Gasteiger partial charge on any atom is -0.295 e. The average Bonchev–Trinajstić information content (AvgIpc) is 2.31. The molecule has 1 N–H and O–H groups in total. The second-order valence-corrected chi connectivity index (χ2v) is 3.67. The lowest BCUT2D eigenvalue weighted by Gasteiger charge is -2.06. The zero-order valence-corrected chi connectivity index (χ0v) is 9.26. The Morgan fingerprint density at radius 2 is 1.83 bits per heavy atom. The largest absolute Gasteiger partial charge is 0.334 e. The SMILES string of the molecule is O=c1[nH]c(Cl)c(F)c(=O)n1-c1cc(F)ccc1F. The van der Waals surface area contributed by atoms with Crippen LogP contribution in [0.1, 0.15) is 0 Å². The summed E-state index contributed by atoms with van der Waals surface area (Å²) in [7, 11) is 0. The van der Waals surface area contributed by atoms with Crippen molar-refractivity contribution in [1.29, 1.82) is 0 Å². The van der Waals surface area contributed by atoms with E-state index in [1.165, 1.54) is 0 Å². The third-order valence-electron chi connectivity index (χ3n) is 2.15. The molecule has 1 heterocycles. The first kappa shape index (κ1) is 12.4. The molecule has 0 aliphatic rings. The number of nitrogens with one attached hydrogen (secondary N) is 1. The maximum Gasteiger partial charge on any atom is 0.334 e. The topological polar surface area (TPSA) is 54.9 Å². The summed E-state index contributed by atoms with van der Waals surface area (Å²) >= 11 is 5.24. The van der Waals surface area contributed by atoms with Crippen LogP contribution in [-0.2, 0) is 0 Å². The number of halogens is 4. The second kappa shape index (κ2) is 4.34. The Balaban J connectivity index is 2.88. The van der Waals surface area contributed by atoms with E-state index in [1.54, 1.807) is 4.98 Å². The standard InChI is InChI=1S/C10H4ClF3N2O2/c11-8-7(14)9(17)16(10(18)15-8)6-3-4(12)1-2-5(6)13/h1-3H,(H,15,18). The molecule has 0 atom stereocenters. The van der Waals surface area contributed by atoms with Crippen molar-refractivity contribution in [2.75, 3.05) is 0 Å². The second-order valence-electron chi connectivity index (χ2n) is 3.29. The summed E-state index contributed by atoms with van der Waals surface area (Å²) < 4.78 is 39.7. The molecule has 1 aromatic carbocycles. The molecule has 0 bridgehead atoms. The van der Waals surface area contributed by atoms with Crippen LogP contribution in [0.25, 0.3) is 5.69 Å². The Morgan fingerprint density at radius 1 is 1.17 bits per heavy atom. The highest BCUT2D eigenvalue weighted by molar-refractivity contribution is 6.29. The summed E-state index contributed by atoms with van der Waals surface area (Å²) in [5.74, 6) is -3.39. The average molecular weight is 277 g/mol. The third-order valence-corrected chi connectivity index (χ3v) is 2.41. The Kier molecular flexibility index (Phi) is 3.00. The molecule has 0 saturated heterocycles. The molecule has 1 aromatic heterocycles. The smallest absolute Gasteiger partial charge is 0.295 e. The van der Waals surface area contributed by atoms with Gasteiger partial charge in [0.15, 0.2) is 5.15 Å². The number of hydrogen-bond acceptors (Lipinski definition) is 2. The fourth-order valence-corrected chi connectivity index (χ4v) is 1.53. The van der Waals surface area contributed by atoms with E-state index in [0.717, 1.165) is 6.07 Å². The first-order chi connectivity index (χ1) is 8.41. The molecule has 18 heavy (non-hydrogen) atoms. The van der Waals surface area contributed by atoms with Crippen LogP contribution in [0.3, 0.4) is 0 Å². The zero-order chi connectivity index (χ0) is 13.4. The molecule has 0 saturated carbocycles. The molecule has 0 amide bonds. The van der Waals surface area contributed by atoms with Crippen LogP contribution >= 0.6 is 11.6 Å². The molecule has 8 heteroatoms. The highest BCUT2D eigenvalue weighted by atomic mass is 35.5. The molecule has 94 valence electrons. The maximum absolute atomic E-state index is 13.4. The number of aromatic nitrogens is 2. The van der Waals surface area contributed by atoms with Crippen molar-refractivity contribution in [1.82, 2.24) is 9.55 Å². The highest BCUT2D eigenvalue weighted by Gasteiger charge is 2.16. The van der Waals surface area contributed by atoms with E-state index in [2.05, 4.69) is 0 Å². The fourth-order valence-electron chi connectivity index (χ4n) is 1.36. The van der Waals surface area contributed by atoms with Crippen molar-refractivity contribution in [3.8, 4) is 5.69 Å². The van der Waals surface area contributed by atoms with Gasteiger partial charge in [-0.1, -0.05) is 11.6 Å². The van der Waals surface area contributed by atoms with Gasteiger partial charge in [0, 0.05) is 6.07 Å². The summed E-state index contributed by atoms with van der Waals surface area (Å²) in [5, 5.41) is -0.793. The van der Waals surface area contributed by atoms with Crippen molar-refractivity contribution in [2.45, 2.75) is 0 Å². The van der Waals surface area contributed by atoms with Gasteiger partial charge in [-0.05, 0) is 12.1 Å². The van der Waals surface area contributed by atoms with Gasteiger partial charge in [-0.3, -0.25) is 9.78 Å². The van der Waals surface area contributed by atoms with E-state index in [1.807, 2.05) is 0 Å². The molecule has 0 fully saturated rings. The van der Waals surface area contributed by atoms with Gasteiger partial charge in [0.1, 0.15) is 11.6 Å². The predicted octanol–water partition coefficient (Wildman–Crippen LogP) is 1.60. The normalized spacial score (nSPS) is 10.7. The molecule has 4 nitrogen and oxygen atoms in total. The molecule has 0 unspecified atom stereocenters. The number of benzene rings is 1. The summed E-state index contributed by atoms with van der Waals surface area (Å²) in [6.45, 7) is 0. The van der Waals surface area contributed by atoms with E-state index in [-0.39, 0.29) is 4.57 Å². The van der Waals surface area contributed by atoms with E-state index < -0.39 is 39.5 Å².